The van der Waals surface area contributed by atoms with E-state index in [0.29, 0.717) is 0 Å². The Balaban J connectivity index is 1.99. The first-order valence-electron chi connectivity index (χ1n) is 7.70. The lowest BCUT2D eigenvalue weighted by molar-refractivity contribution is 0.358. The Hall–Kier alpha value is -0.340. The number of hydrogen-bond acceptors (Lipinski definition) is 1. The largest absolute Gasteiger partial charge is 0.317 e. The lowest BCUT2D eigenvalue weighted by atomic mass is 9.81. The maximum atomic E-state index is 3.76. The third-order valence-corrected chi connectivity index (χ3v) is 5.22. The molecular weight excluding hydrogens is 298 g/mol. The van der Waals surface area contributed by atoms with Gasteiger partial charge in [0, 0.05) is 10.5 Å². The fourth-order valence-corrected chi connectivity index (χ4v) is 3.70. The Labute approximate surface area is 126 Å². The molecule has 1 aliphatic rings. The number of benzene rings is 1. The van der Waals surface area contributed by atoms with E-state index in [9.17, 15) is 0 Å². The summed E-state index contributed by atoms with van der Waals surface area (Å²) in [7, 11) is 2.09. The van der Waals surface area contributed by atoms with E-state index in [2.05, 4.69) is 53.4 Å². The second-order valence-corrected chi connectivity index (χ2v) is 6.65. The molecule has 1 aliphatic carbocycles. The average Bonchev–Trinajstić information content (AvgIpc) is 2.46. The van der Waals surface area contributed by atoms with Crippen LogP contribution in [0.1, 0.15) is 62.5 Å². The lowest BCUT2D eigenvalue weighted by Gasteiger charge is -2.28. The predicted octanol–water partition coefficient (Wildman–Crippen LogP) is 5.04. The minimum absolute atomic E-state index is 0.739. The number of unbranched alkanes of at least 4 members (excludes halogenated alkanes) is 1. The monoisotopic (exact) mass is 323 g/mol. The number of nitrogens with one attached hydrogen (secondary N) is 1. The van der Waals surface area contributed by atoms with Gasteiger partial charge in [0.05, 0.1) is 0 Å². The SMILES string of the molecule is CCCCc1ccc(C2CCC(NC)CC2)cc1Br. The van der Waals surface area contributed by atoms with Crippen LogP contribution in [-0.4, -0.2) is 13.1 Å². The molecular formula is C17H26BrN. The van der Waals surface area contributed by atoms with Crippen molar-refractivity contribution in [1.82, 2.24) is 5.32 Å². The quantitative estimate of drug-likeness (QED) is 0.800. The molecule has 0 spiro atoms. The van der Waals surface area contributed by atoms with Gasteiger partial charge in [0.25, 0.3) is 0 Å². The van der Waals surface area contributed by atoms with Gasteiger partial charge in [-0.1, -0.05) is 41.4 Å². The van der Waals surface area contributed by atoms with Gasteiger partial charge in [-0.3, -0.25) is 0 Å². The molecule has 0 bridgehead atoms. The Kier molecular flexibility index (Phi) is 5.90. The van der Waals surface area contributed by atoms with E-state index >= 15 is 0 Å². The van der Waals surface area contributed by atoms with E-state index in [4.69, 9.17) is 0 Å². The average molecular weight is 324 g/mol. The molecule has 0 heterocycles. The molecule has 1 saturated carbocycles. The van der Waals surface area contributed by atoms with Crippen LogP contribution in [0.3, 0.4) is 0 Å². The third-order valence-electron chi connectivity index (χ3n) is 4.48. The molecule has 0 saturated heterocycles. The topological polar surface area (TPSA) is 12.0 Å². The highest BCUT2D eigenvalue weighted by Crippen LogP contribution is 2.34. The molecule has 0 aromatic heterocycles. The van der Waals surface area contributed by atoms with Crippen molar-refractivity contribution < 1.29 is 0 Å². The molecule has 1 N–H and O–H groups in total. The van der Waals surface area contributed by atoms with Crippen molar-refractivity contribution in [1.29, 1.82) is 0 Å². The molecule has 106 valence electrons. The van der Waals surface area contributed by atoms with Crippen molar-refractivity contribution in [2.45, 2.75) is 63.8 Å². The number of halogens is 1. The number of aryl methyl sites for hydroxylation is 1. The van der Waals surface area contributed by atoms with Crippen molar-refractivity contribution in [3.8, 4) is 0 Å². The van der Waals surface area contributed by atoms with Gasteiger partial charge in [-0.15, -0.1) is 0 Å². The van der Waals surface area contributed by atoms with Crippen molar-refractivity contribution in [3.05, 3.63) is 33.8 Å². The molecule has 0 atom stereocenters. The normalized spacial score (nSPS) is 23.5. The van der Waals surface area contributed by atoms with Crippen molar-refractivity contribution >= 4 is 15.9 Å². The minimum atomic E-state index is 0.739. The highest BCUT2D eigenvalue weighted by molar-refractivity contribution is 9.10. The Bertz CT molecular complexity index is 394. The molecule has 0 unspecified atom stereocenters. The van der Waals surface area contributed by atoms with E-state index in [-0.39, 0.29) is 0 Å². The van der Waals surface area contributed by atoms with Crippen LogP contribution in [-0.2, 0) is 6.42 Å². The third kappa shape index (κ3) is 4.06. The standard InChI is InChI=1S/C17H26BrN/c1-3-4-5-14-6-7-15(12-17(14)18)13-8-10-16(19-2)11-9-13/h6-7,12-13,16,19H,3-5,8-11H2,1-2H3. The molecule has 1 nitrogen and oxygen atoms in total. The second-order valence-electron chi connectivity index (χ2n) is 5.79. The van der Waals surface area contributed by atoms with Gasteiger partial charge in [-0.25, -0.2) is 0 Å². The first kappa shape index (κ1) is 15.1. The van der Waals surface area contributed by atoms with Crippen LogP contribution < -0.4 is 5.32 Å². The molecule has 0 aliphatic heterocycles. The summed E-state index contributed by atoms with van der Waals surface area (Å²) < 4.78 is 1.31. The van der Waals surface area contributed by atoms with Gasteiger partial charge in [0.1, 0.15) is 0 Å². The lowest BCUT2D eigenvalue weighted by Crippen LogP contribution is -2.29. The summed E-state index contributed by atoms with van der Waals surface area (Å²) in [6, 6.07) is 7.80. The summed E-state index contributed by atoms with van der Waals surface area (Å²) >= 11 is 3.76. The molecule has 1 aromatic rings. The van der Waals surface area contributed by atoms with Crippen LogP contribution in [0.2, 0.25) is 0 Å². The van der Waals surface area contributed by atoms with Gasteiger partial charge in [0.2, 0.25) is 0 Å². The Morgan fingerprint density at radius 2 is 1.95 bits per heavy atom. The summed E-state index contributed by atoms with van der Waals surface area (Å²) in [5.74, 6) is 0.765. The van der Waals surface area contributed by atoms with Crippen LogP contribution in [0, 0.1) is 0 Å². The maximum absolute atomic E-state index is 3.76. The summed E-state index contributed by atoms with van der Waals surface area (Å²) in [4.78, 5) is 0. The molecule has 2 heteroatoms. The van der Waals surface area contributed by atoms with Gasteiger partial charge >= 0.3 is 0 Å². The van der Waals surface area contributed by atoms with Gasteiger partial charge in [-0.05, 0) is 68.7 Å². The second kappa shape index (κ2) is 7.44. The Morgan fingerprint density at radius 1 is 1.21 bits per heavy atom. The van der Waals surface area contributed by atoms with Crippen molar-refractivity contribution in [2.75, 3.05) is 7.05 Å². The van der Waals surface area contributed by atoms with E-state index < -0.39 is 0 Å². The minimum Gasteiger partial charge on any atom is -0.317 e. The molecule has 0 amide bonds. The number of rotatable bonds is 5. The van der Waals surface area contributed by atoms with Crippen molar-refractivity contribution in [2.24, 2.45) is 0 Å². The predicted molar refractivity (Wildman–Crippen MR) is 86.8 cm³/mol. The zero-order valence-electron chi connectivity index (χ0n) is 12.2. The van der Waals surface area contributed by atoms with Crippen LogP contribution in [0.15, 0.2) is 22.7 Å². The van der Waals surface area contributed by atoms with Gasteiger partial charge in [-0.2, -0.15) is 0 Å². The van der Waals surface area contributed by atoms with E-state index in [1.54, 1.807) is 0 Å². The first-order valence-corrected chi connectivity index (χ1v) is 8.49. The number of hydrogen-bond donors (Lipinski definition) is 1. The molecule has 1 fully saturated rings. The van der Waals surface area contributed by atoms with Gasteiger partial charge < -0.3 is 5.32 Å². The van der Waals surface area contributed by atoms with Crippen LogP contribution >= 0.6 is 15.9 Å². The fourth-order valence-electron chi connectivity index (χ4n) is 3.10. The van der Waals surface area contributed by atoms with Gasteiger partial charge in [0.15, 0.2) is 0 Å². The summed E-state index contributed by atoms with van der Waals surface area (Å²) in [5, 5.41) is 3.41. The molecule has 2 rings (SSSR count). The van der Waals surface area contributed by atoms with E-state index in [0.717, 1.165) is 12.0 Å². The zero-order chi connectivity index (χ0) is 13.7. The smallest absolute Gasteiger partial charge is 0.0210 e. The molecule has 0 radical (unpaired) electrons. The molecule has 19 heavy (non-hydrogen) atoms. The Morgan fingerprint density at radius 3 is 2.53 bits per heavy atom. The van der Waals surface area contributed by atoms with E-state index in [1.165, 1.54) is 60.5 Å². The highest BCUT2D eigenvalue weighted by Gasteiger charge is 2.21. The van der Waals surface area contributed by atoms with Crippen LogP contribution in [0.4, 0.5) is 0 Å². The van der Waals surface area contributed by atoms with E-state index in [1.807, 2.05) is 0 Å². The molecule has 1 aromatic carbocycles. The van der Waals surface area contributed by atoms with Crippen LogP contribution in [0.25, 0.3) is 0 Å². The van der Waals surface area contributed by atoms with Crippen LogP contribution in [0.5, 0.6) is 0 Å². The zero-order valence-corrected chi connectivity index (χ0v) is 13.8. The summed E-state index contributed by atoms with van der Waals surface area (Å²) in [6.45, 7) is 2.25. The fraction of sp³-hybridized carbons (Fsp3) is 0.647. The first-order chi connectivity index (χ1) is 9.24. The summed E-state index contributed by atoms with van der Waals surface area (Å²) in [5.41, 5.74) is 3.00. The highest BCUT2D eigenvalue weighted by atomic mass is 79.9. The van der Waals surface area contributed by atoms with Crippen molar-refractivity contribution in [3.63, 3.8) is 0 Å². The maximum Gasteiger partial charge on any atom is 0.0210 e. The summed E-state index contributed by atoms with van der Waals surface area (Å²) in [6.07, 6.45) is 9.03.